The van der Waals surface area contributed by atoms with E-state index in [1.165, 1.54) is 16.9 Å². The molecule has 0 aromatic heterocycles. The third kappa shape index (κ3) is 4.24. The van der Waals surface area contributed by atoms with Gasteiger partial charge in [-0.05, 0) is 49.3 Å². The van der Waals surface area contributed by atoms with Crippen LogP contribution < -0.4 is 10.1 Å². The molecule has 0 radical (unpaired) electrons. The number of methoxy groups -OCH3 is 1. The lowest BCUT2D eigenvalue weighted by molar-refractivity contribution is 0.409. The molecular weight excluding hydrogens is 290 g/mol. The molecule has 0 spiro atoms. The van der Waals surface area contributed by atoms with Crippen molar-refractivity contribution in [3.8, 4) is 5.75 Å². The number of hydrogen-bond acceptors (Lipinski definition) is 4. The molecule has 112 valence electrons. The van der Waals surface area contributed by atoms with E-state index in [1.54, 1.807) is 13.4 Å². The van der Waals surface area contributed by atoms with Crippen molar-refractivity contribution in [1.82, 2.24) is 5.32 Å². The fourth-order valence-corrected chi connectivity index (χ4v) is 4.46. The van der Waals surface area contributed by atoms with Crippen molar-refractivity contribution in [2.24, 2.45) is 0 Å². The quantitative estimate of drug-likeness (QED) is 0.907. The van der Waals surface area contributed by atoms with Gasteiger partial charge in [-0.3, -0.25) is 4.21 Å². The highest BCUT2D eigenvalue weighted by molar-refractivity contribution is 7.99. The van der Waals surface area contributed by atoms with E-state index in [-0.39, 0.29) is 6.04 Å². The summed E-state index contributed by atoms with van der Waals surface area (Å²) in [7, 11) is 0.945. The van der Waals surface area contributed by atoms with E-state index >= 15 is 0 Å². The minimum absolute atomic E-state index is 0.257. The summed E-state index contributed by atoms with van der Waals surface area (Å²) in [5, 5.41) is 3.64. The van der Waals surface area contributed by atoms with Crippen molar-refractivity contribution in [1.29, 1.82) is 0 Å². The summed E-state index contributed by atoms with van der Waals surface area (Å²) in [6.45, 7) is 2.11. The molecule has 20 heavy (non-hydrogen) atoms. The SMILES string of the molecule is COc1ccc2c(c1)[C@H](N[C@H](C)C[S@@](C)=O)CCCS2. The first kappa shape index (κ1) is 15.9. The van der Waals surface area contributed by atoms with Crippen LogP contribution in [0, 0.1) is 0 Å². The van der Waals surface area contributed by atoms with Crippen molar-refractivity contribution in [2.75, 3.05) is 24.9 Å². The molecule has 0 amide bonds. The Bertz CT molecular complexity index is 479. The third-order valence-corrected chi connectivity index (χ3v) is 5.60. The Morgan fingerprint density at radius 1 is 1.55 bits per heavy atom. The molecule has 1 N–H and O–H groups in total. The Labute approximate surface area is 128 Å². The van der Waals surface area contributed by atoms with Crippen LogP contribution in [0.1, 0.15) is 31.4 Å². The molecule has 0 saturated heterocycles. The summed E-state index contributed by atoms with van der Waals surface area (Å²) in [6, 6.07) is 6.91. The lowest BCUT2D eigenvalue weighted by Gasteiger charge is -2.23. The second-order valence-electron chi connectivity index (χ2n) is 5.25. The van der Waals surface area contributed by atoms with Crippen LogP contribution in [0.25, 0.3) is 0 Å². The van der Waals surface area contributed by atoms with Gasteiger partial charge in [0.25, 0.3) is 0 Å². The molecule has 1 aliphatic rings. The van der Waals surface area contributed by atoms with Crippen LogP contribution in [0.3, 0.4) is 0 Å². The van der Waals surface area contributed by atoms with Crippen LogP contribution in [-0.2, 0) is 10.8 Å². The maximum Gasteiger partial charge on any atom is 0.119 e. The first-order valence-electron chi connectivity index (χ1n) is 6.97. The van der Waals surface area contributed by atoms with E-state index in [4.69, 9.17) is 4.74 Å². The van der Waals surface area contributed by atoms with Gasteiger partial charge < -0.3 is 10.1 Å². The van der Waals surface area contributed by atoms with Gasteiger partial charge in [-0.2, -0.15) is 0 Å². The van der Waals surface area contributed by atoms with E-state index in [9.17, 15) is 4.21 Å². The molecule has 5 heteroatoms. The molecule has 1 aromatic carbocycles. The lowest BCUT2D eigenvalue weighted by Crippen LogP contribution is -2.34. The highest BCUT2D eigenvalue weighted by Gasteiger charge is 2.21. The van der Waals surface area contributed by atoms with Gasteiger partial charge >= 0.3 is 0 Å². The maximum absolute atomic E-state index is 11.4. The zero-order valence-corrected chi connectivity index (χ0v) is 14.0. The number of hydrogen-bond donors (Lipinski definition) is 1. The minimum atomic E-state index is -0.761. The number of ether oxygens (including phenoxy) is 1. The largest absolute Gasteiger partial charge is 0.497 e. The molecule has 1 aromatic rings. The Balaban J connectivity index is 2.19. The molecule has 2 rings (SSSR count). The van der Waals surface area contributed by atoms with E-state index in [0.717, 1.165) is 17.9 Å². The van der Waals surface area contributed by atoms with Crippen LogP contribution >= 0.6 is 11.8 Å². The Hall–Kier alpha value is -0.520. The summed E-state index contributed by atoms with van der Waals surface area (Å²) in [5.74, 6) is 2.76. The zero-order chi connectivity index (χ0) is 14.5. The van der Waals surface area contributed by atoms with Gasteiger partial charge in [0.15, 0.2) is 0 Å². The van der Waals surface area contributed by atoms with Crippen molar-refractivity contribution >= 4 is 22.6 Å². The van der Waals surface area contributed by atoms with Gasteiger partial charge in [-0.15, -0.1) is 11.8 Å². The molecule has 1 aliphatic heterocycles. The fraction of sp³-hybridized carbons (Fsp3) is 0.600. The molecule has 0 fully saturated rings. The fourth-order valence-electron chi connectivity index (χ4n) is 2.60. The smallest absolute Gasteiger partial charge is 0.119 e. The maximum atomic E-state index is 11.4. The van der Waals surface area contributed by atoms with Crippen LogP contribution in [0.15, 0.2) is 23.1 Å². The van der Waals surface area contributed by atoms with Gasteiger partial charge in [0.2, 0.25) is 0 Å². The molecule has 0 unspecified atom stereocenters. The summed E-state index contributed by atoms with van der Waals surface area (Å²) in [5.41, 5.74) is 1.32. The van der Waals surface area contributed by atoms with E-state index in [0.29, 0.717) is 11.8 Å². The van der Waals surface area contributed by atoms with E-state index < -0.39 is 10.8 Å². The van der Waals surface area contributed by atoms with Crippen molar-refractivity contribution < 1.29 is 8.95 Å². The number of thioether (sulfide) groups is 1. The second-order valence-corrected chi connectivity index (χ2v) is 7.87. The van der Waals surface area contributed by atoms with Gasteiger partial charge in [0.1, 0.15) is 5.75 Å². The average Bonchev–Trinajstić information content (AvgIpc) is 2.60. The Morgan fingerprint density at radius 3 is 3.05 bits per heavy atom. The second kappa shape index (κ2) is 7.48. The molecule has 0 aliphatic carbocycles. The van der Waals surface area contributed by atoms with Gasteiger partial charge in [-0.1, -0.05) is 0 Å². The van der Waals surface area contributed by atoms with Crippen LogP contribution in [-0.4, -0.2) is 35.1 Å². The number of benzene rings is 1. The molecule has 0 saturated carbocycles. The topological polar surface area (TPSA) is 38.3 Å². The third-order valence-electron chi connectivity index (χ3n) is 3.46. The van der Waals surface area contributed by atoms with E-state index in [1.807, 2.05) is 17.8 Å². The molecular formula is C15H23NO2S2. The standard InChI is InChI=1S/C15H23NO2S2/c1-11(10-20(3)17)16-14-5-4-8-19-15-7-6-12(18-2)9-13(14)15/h6-7,9,11,14,16H,4-5,8,10H2,1-3H3/t11-,14-,20-/m1/s1. The summed E-state index contributed by atoms with van der Waals surface area (Å²) < 4.78 is 16.7. The van der Waals surface area contributed by atoms with Crippen LogP contribution in [0.2, 0.25) is 0 Å². The minimum Gasteiger partial charge on any atom is -0.497 e. The van der Waals surface area contributed by atoms with Gasteiger partial charge in [0, 0.05) is 39.8 Å². The lowest BCUT2D eigenvalue weighted by atomic mass is 10.0. The first-order valence-corrected chi connectivity index (χ1v) is 9.68. The number of rotatable bonds is 5. The van der Waals surface area contributed by atoms with Gasteiger partial charge in [0.05, 0.1) is 7.11 Å². The number of nitrogens with one attached hydrogen (secondary N) is 1. The normalized spacial score (nSPS) is 21.6. The van der Waals surface area contributed by atoms with Crippen molar-refractivity contribution in [3.05, 3.63) is 23.8 Å². The summed E-state index contributed by atoms with van der Waals surface area (Å²) in [6.07, 6.45) is 4.08. The predicted molar refractivity (Wildman–Crippen MR) is 87.2 cm³/mol. The molecule has 3 nitrogen and oxygen atoms in total. The zero-order valence-electron chi connectivity index (χ0n) is 12.3. The molecule has 1 heterocycles. The number of fused-ring (bicyclic) bond motifs is 1. The van der Waals surface area contributed by atoms with Crippen LogP contribution in [0.4, 0.5) is 0 Å². The van der Waals surface area contributed by atoms with E-state index in [2.05, 4.69) is 24.4 Å². The van der Waals surface area contributed by atoms with Crippen molar-refractivity contribution in [2.45, 2.75) is 36.7 Å². The monoisotopic (exact) mass is 313 g/mol. The van der Waals surface area contributed by atoms with Crippen molar-refractivity contribution in [3.63, 3.8) is 0 Å². The molecule has 3 atom stereocenters. The Kier molecular flexibility index (Phi) is 5.93. The van der Waals surface area contributed by atoms with Crippen LogP contribution in [0.5, 0.6) is 5.75 Å². The molecule has 0 bridgehead atoms. The first-order chi connectivity index (χ1) is 9.60. The van der Waals surface area contributed by atoms with Gasteiger partial charge in [-0.25, -0.2) is 0 Å². The Morgan fingerprint density at radius 2 is 2.35 bits per heavy atom. The summed E-state index contributed by atoms with van der Waals surface area (Å²) >= 11 is 1.92. The predicted octanol–water partition coefficient (Wildman–Crippen LogP) is 2.98. The highest BCUT2D eigenvalue weighted by atomic mass is 32.2. The summed E-state index contributed by atoms with van der Waals surface area (Å²) in [4.78, 5) is 1.34. The highest BCUT2D eigenvalue weighted by Crippen LogP contribution is 2.37. The average molecular weight is 313 g/mol.